The Kier molecular flexibility index (Phi) is 11.9. The second-order valence-electron chi connectivity index (χ2n) is 6.44. The summed E-state index contributed by atoms with van der Waals surface area (Å²) in [6, 6.07) is -6.83. The van der Waals surface area contributed by atoms with Gasteiger partial charge in [0.2, 0.25) is 17.7 Å². The van der Waals surface area contributed by atoms with Gasteiger partial charge in [0.05, 0.1) is 25.5 Å². The molecule has 16 heteroatoms. The SMILES string of the molecule is NC(CC(=O)O)C(=O)NC(CCC(=O)O)C(=O)NC(CO)C(=O)NC(CC(=O)O)C(=O)O. The number of nitrogens with two attached hydrogens (primary N) is 1. The van der Waals surface area contributed by atoms with Gasteiger partial charge >= 0.3 is 23.9 Å². The van der Waals surface area contributed by atoms with Crippen LogP contribution in [0.5, 0.6) is 0 Å². The molecule has 0 aliphatic rings. The Morgan fingerprint density at radius 2 is 1.12 bits per heavy atom. The zero-order chi connectivity index (χ0) is 25.0. The minimum absolute atomic E-state index is 0.497. The lowest BCUT2D eigenvalue weighted by Crippen LogP contribution is -2.58. The fraction of sp³-hybridized carbons (Fsp3) is 0.562. The molecule has 0 aromatic heterocycles. The number of amides is 3. The average Bonchev–Trinajstić information content (AvgIpc) is 2.66. The van der Waals surface area contributed by atoms with Crippen molar-refractivity contribution >= 4 is 41.6 Å². The molecule has 4 unspecified atom stereocenters. The Morgan fingerprint density at radius 3 is 1.56 bits per heavy atom. The highest BCUT2D eigenvalue weighted by Crippen LogP contribution is 2.02. The van der Waals surface area contributed by atoms with Crippen LogP contribution >= 0.6 is 0 Å². The molecule has 0 heterocycles. The molecule has 0 rings (SSSR count). The van der Waals surface area contributed by atoms with E-state index in [1.165, 1.54) is 0 Å². The summed E-state index contributed by atoms with van der Waals surface area (Å²) in [5.74, 6) is -9.52. The molecule has 16 nitrogen and oxygen atoms in total. The van der Waals surface area contributed by atoms with Crippen molar-refractivity contribution in [3.8, 4) is 0 Å². The lowest BCUT2D eigenvalue weighted by molar-refractivity contribution is -0.147. The van der Waals surface area contributed by atoms with Crippen molar-refractivity contribution in [2.45, 2.75) is 49.9 Å². The number of hydrogen-bond acceptors (Lipinski definition) is 9. The number of carboxylic acids is 4. The van der Waals surface area contributed by atoms with E-state index in [0.717, 1.165) is 0 Å². The highest BCUT2D eigenvalue weighted by molar-refractivity contribution is 5.95. The van der Waals surface area contributed by atoms with E-state index in [4.69, 9.17) is 26.2 Å². The maximum atomic E-state index is 12.4. The van der Waals surface area contributed by atoms with Crippen LogP contribution in [0.15, 0.2) is 0 Å². The first-order valence-electron chi connectivity index (χ1n) is 8.94. The van der Waals surface area contributed by atoms with Gasteiger partial charge in [-0.05, 0) is 6.42 Å². The number of carbonyl (C=O) groups is 7. The second-order valence-corrected chi connectivity index (χ2v) is 6.44. The van der Waals surface area contributed by atoms with E-state index in [1.807, 2.05) is 16.0 Å². The topological polar surface area (TPSA) is 283 Å². The van der Waals surface area contributed by atoms with Gasteiger partial charge in [0.15, 0.2) is 0 Å². The first-order chi connectivity index (χ1) is 14.8. The molecule has 10 N–H and O–H groups in total. The van der Waals surface area contributed by atoms with Crippen molar-refractivity contribution in [2.75, 3.05) is 6.61 Å². The molecule has 4 atom stereocenters. The highest BCUT2D eigenvalue weighted by Gasteiger charge is 2.31. The van der Waals surface area contributed by atoms with Crippen LogP contribution in [0, 0.1) is 0 Å². The van der Waals surface area contributed by atoms with Gasteiger partial charge in [0.1, 0.15) is 18.1 Å². The molecule has 0 aromatic carbocycles. The molecule has 0 saturated heterocycles. The Bertz CT molecular complexity index is 755. The van der Waals surface area contributed by atoms with Crippen LogP contribution in [-0.4, -0.2) is 97.9 Å². The number of aliphatic carboxylic acids is 4. The molecule has 0 saturated carbocycles. The molecule has 180 valence electrons. The predicted molar refractivity (Wildman–Crippen MR) is 99.9 cm³/mol. The molecule has 0 fully saturated rings. The van der Waals surface area contributed by atoms with E-state index in [1.54, 1.807) is 0 Å². The largest absolute Gasteiger partial charge is 0.481 e. The van der Waals surface area contributed by atoms with Crippen LogP contribution in [-0.2, 0) is 33.6 Å². The fourth-order valence-electron chi connectivity index (χ4n) is 2.21. The van der Waals surface area contributed by atoms with Crippen molar-refractivity contribution in [1.29, 1.82) is 0 Å². The third-order valence-corrected chi connectivity index (χ3v) is 3.82. The van der Waals surface area contributed by atoms with E-state index in [9.17, 15) is 38.7 Å². The van der Waals surface area contributed by atoms with E-state index < -0.39 is 98.1 Å². The molecule has 0 aliphatic carbocycles. The van der Waals surface area contributed by atoms with Crippen molar-refractivity contribution < 1.29 is 59.1 Å². The van der Waals surface area contributed by atoms with Gasteiger partial charge in [0.25, 0.3) is 0 Å². The summed E-state index contributed by atoms with van der Waals surface area (Å²) in [6.45, 7) is -1.06. The maximum absolute atomic E-state index is 12.4. The zero-order valence-electron chi connectivity index (χ0n) is 16.5. The summed E-state index contributed by atoms with van der Waals surface area (Å²) < 4.78 is 0. The van der Waals surface area contributed by atoms with Gasteiger partial charge < -0.3 is 47.2 Å². The Morgan fingerprint density at radius 1 is 0.656 bits per heavy atom. The lowest BCUT2D eigenvalue weighted by Gasteiger charge is -2.23. The number of hydrogen-bond donors (Lipinski definition) is 9. The van der Waals surface area contributed by atoms with Gasteiger partial charge in [0, 0.05) is 6.42 Å². The summed E-state index contributed by atoms with van der Waals surface area (Å²) in [5, 5.41) is 50.2. The third-order valence-electron chi connectivity index (χ3n) is 3.82. The van der Waals surface area contributed by atoms with Gasteiger partial charge in [-0.25, -0.2) is 4.79 Å². The van der Waals surface area contributed by atoms with E-state index >= 15 is 0 Å². The summed E-state index contributed by atoms with van der Waals surface area (Å²) >= 11 is 0. The molecule has 0 aliphatic heterocycles. The molecule has 3 amide bonds. The first kappa shape index (κ1) is 28.2. The molecular formula is C16H24N4O12. The van der Waals surface area contributed by atoms with Crippen LogP contribution in [0.1, 0.15) is 25.7 Å². The van der Waals surface area contributed by atoms with Crippen LogP contribution in [0.25, 0.3) is 0 Å². The number of rotatable bonds is 15. The lowest BCUT2D eigenvalue weighted by atomic mass is 10.1. The summed E-state index contributed by atoms with van der Waals surface area (Å²) in [4.78, 5) is 79.7. The summed E-state index contributed by atoms with van der Waals surface area (Å²) in [5.41, 5.74) is 5.37. The van der Waals surface area contributed by atoms with E-state index in [0.29, 0.717) is 0 Å². The van der Waals surface area contributed by atoms with Gasteiger partial charge in [-0.15, -0.1) is 0 Å². The number of aliphatic hydroxyl groups is 1. The van der Waals surface area contributed by atoms with E-state index in [-0.39, 0.29) is 0 Å². The molecule has 0 bridgehead atoms. The predicted octanol–water partition coefficient (Wildman–Crippen LogP) is -4.34. The fourth-order valence-corrected chi connectivity index (χ4v) is 2.21. The van der Waals surface area contributed by atoms with Crippen molar-refractivity contribution in [3.63, 3.8) is 0 Å². The van der Waals surface area contributed by atoms with Crippen molar-refractivity contribution in [2.24, 2.45) is 5.73 Å². The molecule has 0 aromatic rings. The number of carboxylic acid groups (broad SMARTS) is 4. The Balaban J connectivity index is 5.33. The smallest absolute Gasteiger partial charge is 0.326 e. The average molecular weight is 464 g/mol. The monoisotopic (exact) mass is 464 g/mol. The Hall–Kier alpha value is -3.79. The second kappa shape index (κ2) is 13.5. The third kappa shape index (κ3) is 10.8. The summed E-state index contributed by atoms with van der Waals surface area (Å²) in [7, 11) is 0. The summed E-state index contributed by atoms with van der Waals surface area (Å²) in [6.07, 6.45) is -2.90. The van der Waals surface area contributed by atoms with Crippen molar-refractivity contribution in [1.82, 2.24) is 16.0 Å². The number of carbonyl (C=O) groups excluding carboxylic acids is 3. The standard InChI is InChI=1S/C16H24N4O12/c17-6(3-11(24)25)13(28)18-7(1-2-10(22)23)14(29)20-9(5-21)15(30)19-8(16(31)32)4-12(26)27/h6-9,21H,1-5,17H2,(H,18,28)(H,19,30)(H,20,29)(H,22,23)(H,24,25)(H,26,27)(H,31,32). The molecular weight excluding hydrogens is 440 g/mol. The zero-order valence-corrected chi connectivity index (χ0v) is 16.5. The number of nitrogens with one attached hydrogen (secondary N) is 3. The quantitative estimate of drug-likeness (QED) is 0.111. The normalized spacial score (nSPS) is 14.2. The van der Waals surface area contributed by atoms with E-state index in [2.05, 4.69) is 0 Å². The van der Waals surface area contributed by atoms with Crippen LogP contribution in [0.2, 0.25) is 0 Å². The molecule has 32 heavy (non-hydrogen) atoms. The van der Waals surface area contributed by atoms with Crippen LogP contribution in [0.3, 0.4) is 0 Å². The van der Waals surface area contributed by atoms with Gasteiger partial charge in [-0.2, -0.15) is 0 Å². The van der Waals surface area contributed by atoms with Gasteiger partial charge in [-0.1, -0.05) is 0 Å². The first-order valence-corrected chi connectivity index (χ1v) is 8.94. The highest BCUT2D eigenvalue weighted by atomic mass is 16.4. The maximum Gasteiger partial charge on any atom is 0.326 e. The van der Waals surface area contributed by atoms with Gasteiger partial charge in [-0.3, -0.25) is 28.8 Å². The molecule has 0 radical (unpaired) electrons. The Labute approximate surface area is 179 Å². The van der Waals surface area contributed by atoms with Crippen LogP contribution in [0.4, 0.5) is 0 Å². The minimum atomic E-state index is -1.87. The number of aliphatic hydroxyl groups excluding tert-OH is 1. The van der Waals surface area contributed by atoms with Crippen molar-refractivity contribution in [3.05, 3.63) is 0 Å². The minimum Gasteiger partial charge on any atom is -0.481 e. The molecule has 0 spiro atoms. The van der Waals surface area contributed by atoms with Crippen LogP contribution < -0.4 is 21.7 Å².